The summed E-state index contributed by atoms with van der Waals surface area (Å²) in [6.45, 7) is 0. The van der Waals surface area contributed by atoms with E-state index in [1.165, 1.54) is 12.0 Å². The summed E-state index contributed by atoms with van der Waals surface area (Å²) in [4.78, 5) is 25.2. The van der Waals surface area contributed by atoms with Gasteiger partial charge in [-0.25, -0.2) is 4.79 Å². The summed E-state index contributed by atoms with van der Waals surface area (Å²) in [6, 6.07) is 12.2. The maximum Gasteiger partial charge on any atom is 0.413 e. The highest BCUT2D eigenvalue weighted by Gasteiger charge is 2.29. The second-order valence-electron chi connectivity index (χ2n) is 5.63. The summed E-state index contributed by atoms with van der Waals surface area (Å²) in [5, 5.41) is 3.43. The lowest BCUT2D eigenvalue weighted by Crippen LogP contribution is -2.31. The summed E-state index contributed by atoms with van der Waals surface area (Å²) in [5.41, 5.74) is 2.19. The standard InChI is InChI=1S/C18H17ClN2O4/c1-21(18(23)24-2)14-6-4-13(5-7-14)20-17(22)16-10-11-9-12(19)3-8-15(11)25-16/h3-9,16H,10H2,1-2H3,(H,20,22). The molecule has 2 aromatic rings. The van der Waals surface area contributed by atoms with E-state index in [-0.39, 0.29) is 5.91 Å². The molecule has 0 aliphatic carbocycles. The number of hydrogen-bond acceptors (Lipinski definition) is 4. The first kappa shape index (κ1) is 17.1. The molecule has 2 aromatic carbocycles. The van der Waals surface area contributed by atoms with Gasteiger partial charge in [-0.2, -0.15) is 0 Å². The number of amides is 2. The van der Waals surface area contributed by atoms with Gasteiger partial charge in [0, 0.05) is 29.9 Å². The minimum atomic E-state index is -0.592. The number of fused-ring (bicyclic) bond motifs is 1. The van der Waals surface area contributed by atoms with Gasteiger partial charge in [-0.1, -0.05) is 11.6 Å². The van der Waals surface area contributed by atoms with Crippen molar-refractivity contribution in [1.82, 2.24) is 0 Å². The van der Waals surface area contributed by atoms with Gasteiger partial charge < -0.3 is 14.8 Å². The van der Waals surface area contributed by atoms with Crippen molar-refractivity contribution in [1.29, 1.82) is 0 Å². The van der Waals surface area contributed by atoms with Gasteiger partial charge in [-0.15, -0.1) is 0 Å². The van der Waals surface area contributed by atoms with Gasteiger partial charge in [0.2, 0.25) is 0 Å². The van der Waals surface area contributed by atoms with Crippen molar-refractivity contribution in [3.8, 4) is 5.75 Å². The molecule has 0 fully saturated rings. The van der Waals surface area contributed by atoms with E-state index in [0.29, 0.717) is 28.6 Å². The average molecular weight is 361 g/mol. The Bertz CT molecular complexity index is 807. The highest BCUT2D eigenvalue weighted by atomic mass is 35.5. The average Bonchev–Trinajstić information content (AvgIpc) is 3.04. The fourth-order valence-corrected chi connectivity index (χ4v) is 2.79. The van der Waals surface area contributed by atoms with Gasteiger partial charge in [-0.05, 0) is 48.0 Å². The molecule has 3 rings (SSSR count). The van der Waals surface area contributed by atoms with Gasteiger partial charge in [0.25, 0.3) is 5.91 Å². The van der Waals surface area contributed by atoms with Crippen LogP contribution in [0.25, 0.3) is 0 Å². The lowest BCUT2D eigenvalue weighted by atomic mass is 10.1. The van der Waals surface area contributed by atoms with E-state index in [4.69, 9.17) is 16.3 Å². The molecule has 1 N–H and O–H groups in total. The third kappa shape index (κ3) is 3.69. The van der Waals surface area contributed by atoms with E-state index in [2.05, 4.69) is 10.1 Å². The third-order valence-electron chi connectivity index (χ3n) is 3.96. The zero-order valence-corrected chi connectivity index (χ0v) is 14.5. The first-order valence-corrected chi connectivity index (χ1v) is 8.03. The Kier molecular flexibility index (Phi) is 4.81. The van der Waals surface area contributed by atoms with Crippen LogP contribution in [-0.4, -0.2) is 32.3 Å². The first-order valence-electron chi connectivity index (χ1n) is 7.65. The van der Waals surface area contributed by atoms with Crippen LogP contribution in [0.4, 0.5) is 16.2 Å². The minimum absolute atomic E-state index is 0.235. The Morgan fingerprint density at radius 2 is 1.96 bits per heavy atom. The van der Waals surface area contributed by atoms with Crippen LogP contribution in [0.5, 0.6) is 5.75 Å². The quantitative estimate of drug-likeness (QED) is 0.909. The number of methoxy groups -OCH3 is 1. The lowest BCUT2D eigenvalue weighted by Gasteiger charge is -2.16. The largest absolute Gasteiger partial charge is 0.480 e. The van der Waals surface area contributed by atoms with Crippen molar-refractivity contribution >= 4 is 35.0 Å². The molecule has 6 nitrogen and oxygen atoms in total. The second-order valence-corrected chi connectivity index (χ2v) is 6.06. The molecule has 1 atom stereocenters. The topological polar surface area (TPSA) is 67.9 Å². The van der Waals surface area contributed by atoms with E-state index in [1.54, 1.807) is 43.4 Å². The Labute approximate surface area is 150 Å². The van der Waals surface area contributed by atoms with Crippen LogP contribution >= 0.6 is 11.6 Å². The van der Waals surface area contributed by atoms with E-state index in [1.807, 2.05) is 6.07 Å². The van der Waals surface area contributed by atoms with Crippen LogP contribution in [-0.2, 0) is 16.0 Å². The van der Waals surface area contributed by atoms with Gasteiger partial charge in [0.15, 0.2) is 6.10 Å². The van der Waals surface area contributed by atoms with E-state index in [9.17, 15) is 9.59 Å². The molecule has 0 aromatic heterocycles. The molecule has 0 bridgehead atoms. The lowest BCUT2D eigenvalue weighted by molar-refractivity contribution is -0.122. The highest BCUT2D eigenvalue weighted by Crippen LogP contribution is 2.31. The summed E-state index contributed by atoms with van der Waals surface area (Å²) in [6.07, 6.45) is -0.580. The number of nitrogens with zero attached hydrogens (tertiary/aromatic N) is 1. The van der Waals surface area contributed by atoms with Crippen LogP contribution < -0.4 is 15.0 Å². The maximum absolute atomic E-state index is 12.4. The zero-order chi connectivity index (χ0) is 18.0. The molecular weight excluding hydrogens is 344 g/mol. The van der Waals surface area contributed by atoms with Crippen molar-refractivity contribution < 1.29 is 19.1 Å². The highest BCUT2D eigenvalue weighted by molar-refractivity contribution is 6.30. The Morgan fingerprint density at radius 3 is 2.64 bits per heavy atom. The van der Waals surface area contributed by atoms with Crippen LogP contribution in [0.2, 0.25) is 5.02 Å². The van der Waals surface area contributed by atoms with Crippen LogP contribution in [0.1, 0.15) is 5.56 Å². The Morgan fingerprint density at radius 1 is 1.24 bits per heavy atom. The molecule has 0 saturated heterocycles. The number of halogens is 1. The molecule has 1 heterocycles. The number of carbonyl (C=O) groups excluding carboxylic acids is 2. The Hall–Kier alpha value is -2.73. The number of nitrogens with one attached hydrogen (secondary N) is 1. The summed E-state index contributed by atoms with van der Waals surface area (Å²) >= 11 is 5.96. The summed E-state index contributed by atoms with van der Waals surface area (Å²) in [7, 11) is 2.92. The molecule has 1 aliphatic rings. The SMILES string of the molecule is COC(=O)N(C)c1ccc(NC(=O)C2Cc3cc(Cl)ccc3O2)cc1. The zero-order valence-electron chi connectivity index (χ0n) is 13.8. The molecule has 130 valence electrons. The van der Waals surface area contributed by atoms with Crippen molar-refractivity contribution in [2.45, 2.75) is 12.5 Å². The number of carbonyl (C=O) groups is 2. The van der Waals surface area contributed by atoms with Gasteiger partial charge in [0.1, 0.15) is 5.75 Å². The molecular formula is C18H17ClN2O4. The molecule has 25 heavy (non-hydrogen) atoms. The number of anilines is 2. The number of benzene rings is 2. The Balaban J connectivity index is 1.63. The van der Waals surface area contributed by atoms with Crippen LogP contribution in [0.15, 0.2) is 42.5 Å². The number of rotatable bonds is 3. The summed E-state index contributed by atoms with van der Waals surface area (Å²) < 4.78 is 10.3. The molecule has 2 amide bonds. The van der Waals surface area contributed by atoms with Gasteiger partial charge >= 0.3 is 6.09 Å². The smallest absolute Gasteiger partial charge is 0.413 e. The van der Waals surface area contributed by atoms with Gasteiger partial charge in [-0.3, -0.25) is 9.69 Å². The monoisotopic (exact) mass is 360 g/mol. The fourth-order valence-electron chi connectivity index (χ4n) is 2.60. The molecule has 0 radical (unpaired) electrons. The second kappa shape index (κ2) is 7.03. The molecule has 1 aliphatic heterocycles. The molecule has 0 saturated carbocycles. The van der Waals surface area contributed by atoms with Crippen molar-refractivity contribution in [2.24, 2.45) is 0 Å². The van der Waals surface area contributed by atoms with Crippen molar-refractivity contribution in [3.63, 3.8) is 0 Å². The summed E-state index contributed by atoms with van der Waals surface area (Å²) in [5.74, 6) is 0.445. The normalized spacial score (nSPS) is 15.1. The van der Waals surface area contributed by atoms with Crippen LogP contribution in [0.3, 0.4) is 0 Å². The number of hydrogen-bond donors (Lipinski definition) is 1. The molecule has 1 unspecified atom stereocenters. The predicted molar refractivity (Wildman–Crippen MR) is 95.5 cm³/mol. The van der Waals surface area contributed by atoms with E-state index < -0.39 is 12.2 Å². The predicted octanol–water partition coefficient (Wildman–Crippen LogP) is 3.48. The minimum Gasteiger partial charge on any atom is -0.480 e. The van der Waals surface area contributed by atoms with Crippen LogP contribution in [0, 0.1) is 0 Å². The third-order valence-corrected chi connectivity index (χ3v) is 4.20. The van der Waals surface area contributed by atoms with E-state index >= 15 is 0 Å². The number of ether oxygens (including phenoxy) is 2. The van der Waals surface area contributed by atoms with E-state index in [0.717, 1.165) is 5.56 Å². The first-order chi connectivity index (χ1) is 12.0. The van der Waals surface area contributed by atoms with Crippen molar-refractivity contribution in [3.05, 3.63) is 53.1 Å². The molecule has 7 heteroatoms. The molecule has 0 spiro atoms. The van der Waals surface area contributed by atoms with Crippen molar-refractivity contribution in [2.75, 3.05) is 24.4 Å². The van der Waals surface area contributed by atoms with Gasteiger partial charge in [0.05, 0.1) is 7.11 Å². The maximum atomic E-state index is 12.4. The fraction of sp³-hybridized carbons (Fsp3) is 0.222.